The largest absolute Gasteiger partial charge is 0.497 e. The summed E-state index contributed by atoms with van der Waals surface area (Å²) in [5.41, 5.74) is 5.74. The number of non-ortho nitro benzene ring substituents is 1. The highest BCUT2D eigenvalue weighted by atomic mass is 16.6. The van der Waals surface area contributed by atoms with Crippen molar-refractivity contribution in [3.8, 4) is 11.5 Å². The molecule has 0 aromatic heterocycles. The third-order valence-corrected chi connectivity index (χ3v) is 8.24. The number of methoxy groups -OCH3 is 2. The molecule has 0 N–H and O–H groups in total. The first-order valence-corrected chi connectivity index (χ1v) is 17.3. The van der Waals surface area contributed by atoms with Crippen molar-refractivity contribution in [2.75, 3.05) is 57.1 Å². The summed E-state index contributed by atoms with van der Waals surface area (Å²) in [5, 5.41) is 11.9. The average Bonchev–Trinajstić information content (AvgIpc) is 3.22. The molecule has 3 aromatic rings. The van der Waals surface area contributed by atoms with Crippen LogP contribution in [0.3, 0.4) is 0 Å². The summed E-state index contributed by atoms with van der Waals surface area (Å²) in [5.74, 6) is 1.43. The van der Waals surface area contributed by atoms with E-state index in [1.807, 2.05) is 91.6 Å². The maximum absolute atomic E-state index is 11.9. The van der Waals surface area contributed by atoms with Crippen LogP contribution in [0.1, 0.15) is 25.8 Å². The Hall–Kier alpha value is -5.42. The lowest BCUT2D eigenvalue weighted by atomic mass is 10.0. The molecular formula is C42H49N3O7. The van der Waals surface area contributed by atoms with Gasteiger partial charge in [-0.05, 0) is 98.7 Å². The molecule has 1 atom stereocenters. The van der Waals surface area contributed by atoms with Crippen LogP contribution in [0.15, 0.2) is 140 Å². The van der Waals surface area contributed by atoms with E-state index in [1.54, 1.807) is 32.4 Å². The van der Waals surface area contributed by atoms with Crippen LogP contribution in [0.4, 0.5) is 22.7 Å². The van der Waals surface area contributed by atoms with E-state index in [2.05, 4.69) is 30.2 Å². The Bertz CT molecular complexity index is 1760. The van der Waals surface area contributed by atoms with E-state index in [9.17, 15) is 10.1 Å². The van der Waals surface area contributed by atoms with E-state index in [0.717, 1.165) is 39.8 Å². The number of fused-ring (bicyclic) bond motifs is 1. The molecule has 52 heavy (non-hydrogen) atoms. The number of nitro benzene ring substituents is 1. The monoisotopic (exact) mass is 707 g/mol. The van der Waals surface area contributed by atoms with E-state index in [0.29, 0.717) is 57.3 Å². The predicted octanol–water partition coefficient (Wildman–Crippen LogP) is 9.24. The lowest BCUT2D eigenvalue weighted by molar-refractivity contribution is -0.384. The van der Waals surface area contributed by atoms with Gasteiger partial charge in [-0.3, -0.25) is 10.1 Å². The Balaban J connectivity index is 1.73. The molecule has 1 aliphatic rings. The summed E-state index contributed by atoms with van der Waals surface area (Å²) in [4.78, 5) is 15.7. The van der Waals surface area contributed by atoms with E-state index in [1.165, 1.54) is 6.07 Å². The zero-order valence-electron chi connectivity index (χ0n) is 30.5. The molecule has 0 aliphatic carbocycles. The summed E-state index contributed by atoms with van der Waals surface area (Å²) in [6, 6.07) is 20.4. The first-order chi connectivity index (χ1) is 25.3. The number of hydrogen-bond donors (Lipinski definition) is 0. The van der Waals surface area contributed by atoms with Crippen LogP contribution in [-0.4, -0.2) is 58.3 Å². The van der Waals surface area contributed by atoms with Crippen LogP contribution in [-0.2, 0) is 20.6 Å². The molecule has 1 heterocycles. The molecule has 0 saturated carbocycles. The van der Waals surface area contributed by atoms with Gasteiger partial charge in [-0.25, -0.2) is 0 Å². The fourth-order valence-corrected chi connectivity index (χ4v) is 5.55. The number of allylic oxidation sites excluding steroid dienone is 6. The molecule has 1 aliphatic heterocycles. The zero-order valence-corrected chi connectivity index (χ0v) is 30.5. The van der Waals surface area contributed by atoms with Crippen molar-refractivity contribution in [1.29, 1.82) is 0 Å². The molecule has 0 bridgehead atoms. The number of nitrogens with zero attached hydrogens (tertiary/aromatic N) is 3. The summed E-state index contributed by atoms with van der Waals surface area (Å²) in [6.45, 7) is 15.0. The molecule has 0 fully saturated rings. The number of rotatable bonds is 19. The highest BCUT2D eigenvalue weighted by Crippen LogP contribution is 2.38. The summed E-state index contributed by atoms with van der Waals surface area (Å²) < 4.78 is 27.6. The molecule has 274 valence electrons. The standard InChI is InChI=1S/C42H49N3O7/c1-7-10-35(12-9-11-33(4)48-5)44(38-17-22-40(49-6)23-18-38)37-15-13-32(3)43(42-26-21-39(45(46)47)31-34(42)14-16-37)36-19-24-41(25-20-36)52-30-29-51-28-27-50-8-2/h7,9-11,13,15-26,31,33H,1,3,8,12,14,27-30H2,2,4-6H3/b11-9-,15-13-,35-10+,37-16+. The second kappa shape index (κ2) is 20.4. The fourth-order valence-electron chi connectivity index (χ4n) is 5.55. The summed E-state index contributed by atoms with van der Waals surface area (Å²) >= 11 is 0. The number of nitro groups is 1. The van der Waals surface area contributed by atoms with E-state index in [4.69, 9.17) is 23.7 Å². The molecule has 1 unspecified atom stereocenters. The van der Waals surface area contributed by atoms with Gasteiger partial charge in [0.1, 0.15) is 18.1 Å². The minimum atomic E-state index is -0.371. The van der Waals surface area contributed by atoms with Gasteiger partial charge in [-0.15, -0.1) is 0 Å². The third-order valence-electron chi connectivity index (χ3n) is 8.24. The zero-order chi connectivity index (χ0) is 37.3. The number of hydrogen-bond acceptors (Lipinski definition) is 9. The van der Waals surface area contributed by atoms with Crippen LogP contribution in [0.2, 0.25) is 0 Å². The average molecular weight is 708 g/mol. The van der Waals surface area contributed by atoms with Crippen molar-refractivity contribution in [2.45, 2.75) is 32.8 Å². The van der Waals surface area contributed by atoms with Crippen molar-refractivity contribution in [3.05, 3.63) is 155 Å². The SMILES string of the molecule is C=C/C=C(\C/C=C\C(C)OC)N(C1=C/Cc2cc([N+](=O)[O-])ccc2N(c2ccc(OCCOCCOCC)cc2)C(=C)/C=C\1)c1ccc(OC)cc1. The van der Waals surface area contributed by atoms with Crippen LogP contribution >= 0.6 is 0 Å². The Morgan fingerprint density at radius 2 is 1.69 bits per heavy atom. The summed E-state index contributed by atoms with van der Waals surface area (Å²) in [7, 11) is 3.31. The Labute approximate surface area is 307 Å². The first-order valence-electron chi connectivity index (χ1n) is 17.3. The molecule has 10 nitrogen and oxygen atoms in total. The lowest BCUT2D eigenvalue weighted by Crippen LogP contribution is -2.21. The maximum Gasteiger partial charge on any atom is 0.269 e. The van der Waals surface area contributed by atoms with Gasteiger partial charge in [0, 0.05) is 60.7 Å². The van der Waals surface area contributed by atoms with Crippen molar-refractivity contribution < 1.29 is 28.6 Å². The quantitative estimate of drug-likeness (QED) is 0.0397. The van der Waals surface area contributed by atoms with E-state index < -0.39 is 0 Å². The third kappa shape index (κ3) is 11.0. The first kappa shape index (κ1) is 39.4. The van der Waals surface area contributed by atoms with Crippen molar-refractivity contribution in [2.24, 2.45) is 0 Å². The molecule has 3 aromatic carbocycles. The second-order valence-corrected chi connectivity index (χ2v) is 11.7. The van der Waals surface area contributed by atoms with Gasteiger partial charge < -0.3 is 33.5 Å². The Morgan fingerprint density at radius 1 is 0.981 bits per heavy atom. The van der Waals surface area contributed by atoms with Gasteiger partial charge in [-0.2, -0.15) is 0 Å². The number of benzene rings is 3. The normalized spacial score (nSPS) is 15.5. The Kier molecular flexibility index (Phi) is 15.5. The van der Waals surface area contributed by atoms with Gasteiger partial charge in [0.05, 0.1) is 43.6 Å². The van der Waals surface area contributed by atoms with Gasteiger partial charge in [0.15, 0.2) is 0 Å². The van der Waals surface area contributed by atoms with Crippen LogP contribution in [0.25, 0.3) is 0 Å². The van der Waals surface area contributed by atoms with E-state index in [-0.39, 0.29) is 16.7 Å². The smallest absolute Gasteiger partial charge is 0.269 e. The minimum absolute atomic E-state index is 0.00958. The van der Waals surface area contributed by atoms with Crippen LogP contribution < -0.4 is 19.3 Å². The molecule has 0 radical (unpaired) electrons. The van der Waals surface area contributed by atoms with E-state index >= 15 is 0 Å². The highest BCUT2D eigenvalue weighted by molar-refractivity contribution is 5.75. The second-order valence-electron chi connectivity index (χ2n) is 11.7. The highest BCUT2D eigenvalue weighted by Gasteiger charge is 2.22. The van der Waals surface area contributed by atoms with Gasteiger partial charge in [-0.1, -0.05) is 37.5 Å². The molecule has 10 heteroatoms. The molecule has 0 spiro atoms. The molecular weight excluding hydrogens is 658 g/mol. The Morgan fingerprint density at radius 3 is 2.37 bits per heavy atom. The van der Waals surface area contributed by atoms with Crippen LogP contribution in [0.5, 0.6) is 11.5 Å². The van der Waals surface area contributed by atoms with Crippen molar-refractivity contribution in [1.82, 2.24) is 0 Å². The van der Waals surface area contributed by atoms with Crippen LogP contribution in [0, 0.1) is 10.1 Å². The molecule has 0 amide bonds. The topological polar surface area (TPSA) is 95.8 Å². The minimum Gasteiger partial charge on any atom is -0.497 e. The lowest BCUT2D eigenvalue weighted by Gasteiger charge is -2.29. The van der Waals surface area contributed by atoms with Gasteiger partial charge in [0.2, 0.25) is 0 Å². The number of anilines is 3. The van der Waals surface area contributed by atoms with Gasteiger partial charge >= 0.3 is 0 Å². The molecule has 0 saturated heterocycles. The predicted molar refractivity (Wildman–Crippen MR) is 209 cm³/mol. The maximum atomic E-state index is 11.9. The number of ether oxygens (including phenoxy) is 5. The van der Waals surface area contributed by atoms with Gasteiger partial charge in [0.25, 0.3) is 5.69 Å². The summed E-state index contributed by atoms with van der Waals surface area (Å²) in [6.07, 6.45) is 14.8. The molecule has 4 rings (SSSR count). The van der Waals surface area contributed by atoms with Crippen molar-refractivity contribution in [3.63, 3.8) is 0 Å². The fraction of sp³-hybridized carbons (Fsp3) is 0.286. The van der Waals surface area contributed by atoms with Crippen molar-refractivity contribution >= 4 is 22.7 Å².